The van der Waals surface area contributed by atoms with Crippen LogP contribution in [0, 0.1) is 24.1 Å². The summed E-state index contributed by atoms with van der Waals surface area (Å²) in [6.45, 7) is 1.78. The molecule has 0 bridgehead atoms. The van der Waals surface area contributed by atoms with Gasteiger partial charge in [0.25, 0.3) is 0 Å². The molecule has 1 heterocycles. The number of hydrogen-bond acceptors (Lipinski definition) is 5. The van der Waals surface area contributed by atoms with Gasteiger partial charge in [0.2, 0.25) is 5.95 Å². The van der Waals surface area contributed by atoms with Crippen LogP contribution in [-0.4, -0.2) is 9.97 Å². The molecular weight excluding hydrogens is 233 g/mol. The van der Waals surface area contributed by atoms with Crippen molar-refractivity contribution in [2.24, 2.45) is 0 Å². The summed E-state index contributed by atoms with van der Waals surface area (Å²) in [7, 11) is 0. The van der Waals surface area contributed by atoms with Crippen molar-refractivity contribution in [2.75, 3.05) is 11.1 Å². The summed E-state index contributed by atoms with van der Waals surface area (Å²) in [6.07, 6.45) is 1.55. The molecule has 1 aromatic carbocycles. The zero-order chi connectivity index (χ0) is 13.1. The highest BCUT2D eigenvalue weighted by molar-refractivity contribution is 5.66. The van der Waals surface area contributed by atoms with E-state index in [1.165, 1.54) is 12.1 Å². The number of nitriles is 1. The number of hydrogen-bond donors (Lipinski definition) is 2. The average Bonchev–Trinajstić information content (AvgIpc) is 2.34. The van der Waals surface area contributed by atoms with Gasteiger partial charge < -0.3 is 11.1 Å². The maximum atomic E-state index is 13.4. The van der Waals surface area contributed by atoms with Crippen LogP contribution in [-0.2, 0) is 0 Å². The molecular formula is C12H10FN5. The minimum atomic E-state index is -0.581. The van der Waals surface area contributed by atoms with Crippen molar-refractivity contribution in [1.29, 1.82) is 5.26 Å². The average molecular weight is 243 g/mol. The van der Waals surface area contributed by atoms with E-state index in [-0.39, 0.29) is 11.5 Å². The highest BCUT2D eigenvalue weighted by Crippen LogP contribution is 2.23. The summed E-state index contributed by atoms with van der Waals surface area (Å²) in [4.78, 5) is 7.83. The topological polar surface area (TPSA) is 87.6 Å². The van der Waals surface area contributed by atoms with Crippen molar-refractivity contribution < 1.29 is 4.39 Å². The van der Waals surface area contributed by atoms with Gasteiger partial charge in [-0.25, -0.2) is 9.37 Å². The molecule has 18 heavy (non-hydrogen) atoms. The molecule has 0 aliphatic rings. The molecule has 2 aromatic rings. The monoisotopic (exact) mass is 243 g/mol. The molecule has 1 aromatic heterocycles. The minimum Gasteiger partial charge on any atom is -0.368 e. The Kier molecular flexibility index (Phi) is 3.06. The number of nitrogens with zero attached hydrogens (tertiary/aromatic N) is 3. The normalized spacial score (nSPS) is 9.83. The molecule has 0 saturated carbocycles. The van der Waals surface area contributed by atoms with E-state index in [0.717, 1.165) is 5.56 Å². The third-order valence-corrected chi connectivity index (χ3v) is 2.37. The van der Waals surface area contributed by atoms with E-state index < -0.39 is 5.82 Å². The second-order valence-electron chi connectivity index (χ2n) is 3.66. The maximum Gasteiger partial charge on any atom is 0.221 e. The summed E-state index contributed by atoms with van der Waals surface area (Å²) in [6, 6.07) is 6.14. The summed E-state index contributed by atoms with van der Waals surface area (Å²) >= 11 is 0. The van der Waals surface area contributed by atoms with Crippen LogP contribution in [0.3, 0.4) is 0 Å². The number of nitrogens with two attached hydrogens (primary N) is 1. The summed E-state index contributed by atoms with van der Waals surface area (Å²) in [5.74, 6) is -0.0233. The fraction of sp³-hybridized carbons (Fsp3) is 0.0833. The Hall–Kier alpha value is -2.68. The molecule has 0 spiro atoms. The molecule has 5 nitrogen and oxygen atoms in total. The molecule has 0 saturated heterocycles. The van der Waals surface area contributed by atoms with E-state index >= 15 is 0 Å². The second kappa shape index (κ2) is 4.67. The number of nitrogens with one attached hydrogen (secondary N) is 1. The Labute approximate surface area is 103 Å². The number of anilines is 3. The lowest BCUT2D eigenvalue weighted by Crippen LogP contribution is -2.03. The van der Waals surface area contributed by atoms with Gasteiger partial charge in [0, 0.05) is 11.8 Å². The Morgan fingerprint density at radius 2 is 2.22 bits per heavy atom. The fourth-order valence-electron chi connectivity index (χ4n) is 1.45. The van der Waals surface area contributed by atoms with Gasteiger partial charge >= 0.3 is 0 Å². The first-order valence-corrected chi connectivity index (χ1v) is 5.16. The molecule has 0 atom stereocenters. The van der Waals surface area contributed by atoms with Gasteiger partial charge in [-0.3, -0.25) is 0 Å². The van der Waals surface area contributed by atoms with Gasteiger partial charge in [-0.1, -0.05) is 6.07 Å². The van der Waals surface area contributed by atoms with Crippen LogP contribution >= 0.6 is 0 Å². The Morgan fingerprint density at radius 1 is 1.44 bits per heavy atom. The van der Waals surface area contributed by atoms with E-state index in [0.29, 0.717) is 11.5 Å². The predicted octanol–water partition coefficient (Wildman–Crippen LogP) is 2.12. The quantitative estimate of drug-likeness (QED) is 0.843. The maximum absolute atomic E-state index is 13.4. The Bertz CT molecular complexity index is 633. The van der Waals surface area contributed by atoms with Crippen molar-refractivity contribution in [1.82, 2.24) is 9.97 Å². The summed E-state index contributed by atoms with van der Waals surface area (Å²) in [5, 5.41) is 11.8. The number of nitrogen functional groups attached to an aromatic ring is 1. The molecule has 0 unspecified atom stereocenters. The molecule has 90 valence electrons. The molecule has 2 rings (SSSR count). The van der Waals surface area contributed by atoms with Crippen LogP contribution in [0.4, 0.5) is 21.8 Å². The molecule has 0 fully saturated rings. The number of rotatable bonds is 2. The Balaban J connectivity index is 2.44. The van der Waals surface area contributed by atoms with E-state index in [1.54, 1.807) is 25.3 Å². The van der Waals surface area contributed by atoms with Crippen molar-refractivity contribution in [3.63, 3.8) is 0 Å². The standard InChI is InChI=1S/C12H10FN5/c1-7-6-16-12(15)18-11(7)17-10-4-2-3-9(13)8(10)5-14/h2-4,6H,1H3,(H3,15,16,17,18). The fourth-order valence-corrected chi connectivity index (χ4v) is 1.45. The summed E-state index contributed by atoms with van der Waals surface area (Å²) < 4.78 is 13.4. The highest BCUT2D eigenvalue weighted by atomic mass is 19.1. The van der Waals surface area contributed by atoms with Gasteiger partial charge in [-0.2, -0.15) is 10.2 Å². The van der Waals surface area contributed by atoms with Gasteiger partial charge in [-0.05, 0) is 19.1 Å². The van der Waals surface area contributed by atoms with Crippen LogP contribution in [0.15, 0.2) is 24.4 Å². The first-order valence-electron chi connectivity index (χ1n) is 5.16. The van der Waals surface area contributed by atoms with Crippen LogP contribution in [0.25, 0.3) is 0 Å². The SMILES string of the molecule is Cc1cnc(N)nc1Nc1cccc(F)c1C#N. The lowest BCUT2D eigenvalue weighted by atomic mass is 10.2. The zero-order valence-electron chi connectivity index (χ0n) is 9.61. The smallest absolute Gasteiger partial charge is 0.221 e. The molecule has 0 radical (unpaired) electrons. The van der Waals surface area contributed by atoms with Crippen LogP contribution in [0.1, 0.15) is 11.1 Å². The van der Waals surface area contributed by atoms with Crippen molar-refractivity contribution >= 4 is 17.5 Å². The number of aryl methyl sites for hydroxylation is 1. The Morgan fingerprint density at radius 3 is 2.94 bits per heavy atom. The number of halogens is 1. The molecule has 3 N–H and O–H groups in total. The van der Waals surface area contributed by atoms with Crippen molar-refractivity contribution in [3.05, 3.63) is 41.3 Å². The molecule has 6 heteroatoms. The lowest BCUT2D eigenvalue weighted by Gasteiger charge is -2.10. The number of benzene rings is 1. The number of aromatic nitrogens is 2. The molecule has 0 aliphatic carbocycles. The van der Waals surface area contributed by atoms with Gasteiger partial charge in [0.05, 0.1) is 5.69 Å². The minimum absolute atomic E-state index is 0.0610. The van der Waals surface area contributed by atoms with Crippen LogP contribution in [0.5, 0.6) is 0 Å². The first-order chi connectivity index (χ1) is 8.61. The van der Waals surface area contributed by atoms with Crippen molar-refractivity contribution in [2.45, 2.75) is 6.92 Å². The van der Waals surface area contributed by atoms with Gasteiger partial charge in [0.1, 0.15) is 23.3 Å². The lowest BCUT2D eigenvalue weighted by molar-refractivity contribution is 0.624. The third kappa shape index (κ3) is 2.20. The summed E-state index contributed by atoms with van der Waals surface area (Å²) in [5.41, 5.74) is 6.51. The largest absolute Gasteiger partial charge is 0.368 e. The van der Waals surface area contributed by atoms with Crippen LogP contribution < -0.4 is 11.1 Å². The van der Waals surface area contributed by atoms with Gasteiger partial charge in [-0.15, -0.1) is 0 Å². The third-order valence-electron chi connectivity index (χ3n) is 2.37. The van der Waals surface area contributed by atoms with Crippen molar-refractivity contribution in [3.8, 4) is 6.07 Å². The molecule has 0 amide bonds. The highest BCUT2D eigenvalue weighted by Gasteiger charge is 2.10. The van der Waals surface area contributed by atoms with E-state index in [1.807, 2.05) is 0 Å². The molecule has 0 aliphatic heterocycles. The predicted molar refractivity (Wildman–Crippen MR) is 65.6 cm³/mol. The zero-order valence-corrected chi connectivity index (χ0v) is 9.61. The van der Waals surface area contributed by atoms with E-state index in [9.17, 15) is 4.39 Å². The second-order valence-corrected chi connectivity index (χ2v) is 3.66. The van der Waals surface area contributed by atoms with E-state index in [4.69, 9.17) is 11.0 Å². The van der Waals surface area contributed by atoms with Gasteiger partial charge in [0.15, 0.2) is 0 Å². The first kappa shape index (κ1) is 11.8. The van der Waals surface area contributed by atoms with E-state index in [2.05, 4.69) is 15.3 Å². The van der Waals surface area contributed by atoms with Crippen LogP contribution in [0.2, 0.25) is 0 Å².